The molecule has 0 aliphatic rings. The van der Waals surface area contributed by atoms with E-state index in [0.717, 1.165) is 16.2 Å². The maximum atomic E-state index is 12.1. The van der Waals surface area contributed by atoms with Gasteiger partial charge in [-0.1, -0.05) is 12.1 Å². The molecule has 0 unspecified atom stereocenters. The van der Waals surface area contributed by atoms with Gasteiger partial charge in [0.25, 0.3) is 0 Å². The average molecular weight is 363 g/mol. The van der Waals surface area contributed by atoms with E-state index in [-0.39, 0.29) is 13.2 Å². The number of carbonyl (C=O) groups excluding carboxylic acids is 2. The Morgan fingerprint density at radius 1 is 1.08 bits per heavy atom. The van der Waals surface area contributed by atoms with E-state index >= 15 is 0 Å². The molecule has 6 nitrogen and oxygen atoms in total. The number of hydrogen-bond donors (Lipinski definition) is 1. The number of esters is 1. The first-order chi connectivity index (χ1) is 12.1. The fourth-order valence-corrected chi connectivity index (χ4v) is 3.25. The van der Waals surface area contributed by atoms with Crippen LogP contribution in [0.1, 0.15) is 34.6 Å². The molecule has 0 saturated carbocycles. The summed E-state index contributed by atoms with van der Waals surface area (Å²) in [5.41, 5.74) is 1.41. The van der Waals surface area contributed by atoms with Crippen molar-refractivity contribution in [2.75, 3.05) is 25.6 Å². The van der Waals surface area contributed by atoms with Gasteiger partial charge in [0.1, 0.15) is 10.8 Å². The molecule has 2 rings (SSSR count). The molecule has 1 amide bonds. The molecule has 0 aliphatic heterocycles. The molecule has 0 spiro atoms. The SMILES string of the molecule is CCOC(=O)Nc1sc(Cc2ccc(OC)cc2)cc1C(=O)OCC. The van der Waals surface area contributed by atoms with E-state index in [2.05, 4.69) is 5.32 Å². The Kier molecular flexibility index (Phi) is 6.82. The second-order valence-electron chi connectivity index (χ2n) is 5.05. The van der Waals surface area contributed by atoms with Crippen LogP contribution >= 0.6 is 11.3 Å². The molecular formula is C18H21NO5S. The zero-order chi connectivity index (χ0) is 18.2. The molecule has 0 radical (unpaired) electrons. The molecule has 0 atom stereocenters. The van der Waals surface area contributed by atoms with Crippen LogP contribution in [0.5, 0.6) is 5.75 Å². The number of carbonyl (C=O) groups is 2. The van der Waals surface area contributed by atoms with Crippen LogP contribution in [0.25, 0.3) is 0 Å². The van der Waals surface area contributed by atoms with E-state index < -0.39 is 12.1 Å². The van der Waals surface area contributed by atoms with Crippen LogP contribution < -0.4 is 10.1 Å². The van der Waals surface area contributed by atoms with Gasteiger partial charge in [0.05, 0.1) is 25.9 Å². The smallest absolute Gasteiger partial charge is 0.412 e. The van der Waals surface area contributed by atoms with Gasteiger partial charge in [0, 0.05) is 11.3 Å². The van der Waals surface area contributed by atoms with Gasteiger partial charge in [-0.05, 0) is 37.6 Å². The van der Waals surface area contributed by atoms with Crippen molar-refractivity contribution in [3.8, 4) is 5.75 Å². The first kappa shape index (κ1) is 18.8. The zero-order valence-electron chi connectivity index (χ0n) is 14.5. The van der Waals surface area contributed by atoms with E-state index in [1.165, 1.54) is 11.3 Å². The number of benzene rings is 1. The maximum Gasteiger partial charge on any atom is 0.412 e. The van der Waals surface area contributed by atoms with Crippen LogP contribution in [0.15, 0.2) is 30.3 Å². The van der Waals surface area contributed by atoms with Crippen LogP contribution in [0.4, 0.5) is 9.80 Å². The van der Waals surface area contributed by atoms with Gasteiger partial charge >= 0.3 is 12.1 Å². The van der Waals surface area contributed by atoms with Crippen LogP contribution in [0.3, 0.4) is 0 Å². The van der Waals surface area contributed by atoms with E-state index in [9.17, 15) is 9.59 Å². The Hall–Kier alpha value is -2.54. The summed E-state index contributed by atoms with van der Waals surface area (Å²) in [6.07, 6.45) is 0.0388. The molecule has 1 N–H and O–H groups in total. The minimum Gasteiger partial charge on any atom is -0.497 e. The lowest BCUT2D eigenvalue weighted by Crippen LogP contribution is -2.15. The monoisotopic (exact) mass is 363 g/mol. The summed E-state index contributed by atoms with van der Waals surface area (Å²) in [6, 6.07) is 9.43. The van der Waals surface area contributed by atoms with Crippen LogP contribution in [-0.4, -0.2) is 32.4 Å². The van der Waals surface area contributed by atoms with Gasteiger partial charge in [0.15, 0.2) is 0 Å². The van der Waals surface area contributed by atoms with Crippen LogP contribution in [0.2, 0.25) is 0 Å². The first-order valence-corrected chi connectivity index (χ1v) is 8.75. The predicted molar refractivity (Wildman–Crippen MR) is 96.7 cm³/mol. The second-order valence-corrected chi connectivity index (χ2v) is 6.18. The Labute approximate surface area is 150 Å². The normalized spacial score (nSPS) is 10.2. The molecule has 0 fully saturated rings. The van der Waals surface area contributed by atoms with E-state index in [4.69, 9.17) is 14.2 Å². The van der Waals surface area contributed by atoms with Crippen LogP contribution in [-0.2, 0) is 15.9 Å². The minimum atomic E-state index is -0.592. The highest BCUT2D eigenvalue weighted by Crippen LogP contribution is 2.31. The highest BCUT2D eigenvalue weighted by Gasteiger charge is 2.19. The van der Waals surface area contributed by atoms with Gasteiger partial charge in [-0.25, -0.2) is 9.59 Å². The number of thiophene rings is 1. The van der Waals surface area contributed by atoms with Gasteiger partial charge in [-0.15, -0.1) is 11.3 Å². The topological polar surface area (TPSA) is 73.9 Å². The van der Waals surface area contributed by atoms with Crippen molar-refractivity contribution < 1.29 is 23.8 Å². The number of anilines is 1. The number of methoxy groups -OCH3 is 1. The third-order valence-electron chi connectivity index (χ3n) is 3.31. The highest BCUT2D eigenvalue weighted by atomic mass is 32.1. The van der Waals surface area contributed by atoms with Crippen molar-refractivity contribution in [2.45, 2.75) is 20.3 Å². The summed E-state index contributed by atoms with van der Waals surface area (Å²) in [6.45, 7) is 3.97. The van der Waals surface area contributed by atoms with Crippen molar-refractivity contribution >= 4 is 28.4 Å². The molecule has 0 saturated heterocycles. The summed E-state index contributed by atoms with van der Waals surface area (Å²) < 4.78 is 15.1. The predicted octanol–water partition coefficient (Wildman–Crippen LogP) is 4.09. The molecule has 25 heavy (non-hydrogen) atoms. The molecule has 1 aromatic heterocycles. The fraction of sp³-hybridized carbons (Fsp3) is 0.333. The quantitative estimate of drug-likeness (QED) is 0.750. The van der Waals surface area contributed by atoms with Crippen molar-refractivity contribution in [1.82, 2.24) is 0 Å². The third-order valence-corrected chi connectivity index (χ3v) is 4.36. The van der Waals surface area contributed by atoms with Gasteiger partial charge in [-0.3, -0.25) is 5.32 Å². The molecule has 2 aromatic rings. The summed E-state index contributed by atoms with van der Waals surface area (Å²) >= 11 is 1.33. The van der Waals surface area contributed by atoms with Crippen LogP contribution in [0, 0.1) is 0 Å². The molecule has 7 heteroatoms. The lowest BCUT2D eigenvalue weighted by Gasteiger charge is -2.05. The Balaban J connectivity index is 2.22. The maximum absolute atomic E-state index is 12.1. The van der Waals surface area contributed by atoms with Crippen molar-refractivity contribution in [3.05, 3.63) is 46.3 Å². The van der Waals surface area contributed by atoms with E-state index in [1.54, 1.807) is 27.0 Å². The first-order valence-electron chi connectivity index (χ1n) is 7.93. The van der Waals surface area contributed by atoms with Gasteiger partial charge in [0.2, 0.25) is 0 Å². The second kappa shape index (κ2) is 9.08. The van der Waals surface area contributed by atoms with E-state index in [0.29, 0.717) is 17.0 Å². The zero-order valence-corrected chi connectivity index (χ0v) is 15.3. The molecule has 134 valence electrons. The summed E-state index contributed by atoms with van der Waals surface area (Å²) in [7, 11) is 1.62. The fourth-order valence-electron chi connectivity index (χ4n) is 2.19. The summed E-state index contributed by atoms with van der Waals surface area (Å²) in [5, 5.41) is 3.04. The third kappa shape index (κ3) is 5.22. The summed E-state index contributed by atoms with van der Waals surface area (Å²) in [5.74, 6) is 0.318. The molecule has 0 bridgehead atoms. The number of ether oxygens (including phenoxy) is 3. The molecule has 1 heterocycles. The number of nitrogens with one attached hydrogen (secondary N) is 1. The van der Waals surface area contributed by atoms with Crippen molar-refractivity contribution in [1.29, 1.82) is 0 Å². The Morgan fingerprint density at radius 2 is 1.76 bits per heavy atom. The number of hydrogen-bond acceptors (Lipinski definition) is 6. The van der Waals surface area contributed by atoms with Gasteiger partial charge in [-0.2, -0.15) is 0 Å². The minimum absolute atomic E-state index is 0.255. The van der Waals surface area contributed by atoms with E-state index in [1.807, 2.05) is 24.3 Å². The lowest BCUT2D eigenvalue weighted by molar-refractivity contribution is 0.0528. The Bertz CT molecular complexity index is 724. The standard InChI is InChI=1S/C18H21NO5S/c1-4-23-17(20)15-11-14(25-16(15)19-18(21)24-5-2)10-12-6-8-13(22-3)9-7-12/h6-9,11H,4-5,10H2,1-3H3,(H,19,21). The largest absolute Gasteiger partial charge is 0.497 e. The Morgan fingerprint density at radius 3 is 2.36 bits per heavy atom. The summed E-state index contributed by atoms with van der Waals surface area (Å²) in [4.78, 5) is 24.8. The molecular weight excluding hydrogens is 342 g/mol. The molecule has 0 aliphatic carbocycles. The highest BCUT2D eigenvalue weighted by molar-refractivity contribution is 7.16. The van der Waals surface area contributed by atoms with Crippen molar-refractivity contribution in [3.63, 3.8) is 0 Å². The molecule has 1 aromatic carbocycles. The lowest BCUT2D eigenvalue weighted by atomic mass is 10.1. The van der Waals surface area contributed by atoms with Gasteiger partial charge < -0.3 is 14.2 Å². The number of amides is 1. The number of rotatable bonds is 7. The van der Waals surface area contributed by atoms with Crippen molar-refractivity contribution in [2.24, 2.45) is 0 Å². The average Bonchev–Trinajstić information content (AvgIpc) is 2.98.